The van der Waals surface area contributed by atoms with Gasteiger partial charge in [0.25, 0.3) is 11.5 Å². The number of benzene rings is 2. The van der Waals surface area contributed by atoms with Crippen molar-refractivity contribution < 1.29 is 14.3 Å². The van der Waals surface area contributed by atoms with Crippen LogP contribution < -0.4 is 20.3 Å². The zero-order valence-corrected chi connectivity index (χ0v) is 17.1. The third-order valence-electron chi connectivity index (χ3n) is 4.41. The number of rotatable bonds is 9. The molecule has 0 saturated heterocycles. The zero-order chi connectivity index (χ0) is 21.3. The molecule has 3 rings (SSSR count). The normalized spacial score (nSPS) is 10.5. The minimum atomic E-state index is -0.204. The molecule has 0 radical (unpaired) electrons. The summed E-state index contributed by atoms with van der Waals surface area (Å²) in [6.45, 7) is 5.65. The number of hydrogen-bond donors (Lipinski definition) is 1. The Morgan fingerprint density at radius 1 is 0.967 bits per heavy atom. The average Bonchev–Trinajstić information content (AvgIpc) is 2.76. The average molecular weight is 407 g/mol. The van der Waals surface area contributed by atoms with Crippen molar-refractivity contribution in [3.63, 3.8) is 0 Å². The number of nitrogens with one attached hydrogen (secondary N) is 1. The number of carbonyl (C=O) groups excluding carboxylic acids is 1. The lowest BCUT2D eigenvalue weighted by molar-refractivity contribution is 0.0952. The number of nitrogens with zero attached hydrogens (tertiary/aromatic N) is 2. The van der Waals surface area contributed by atoms with Crippen LogP contribution in [0.3, 0.4) is 0 Å². The van der Waals surface area contributed by atoms with E-state index in [0.29, 0.717) is 37.6 Å². The Morgan fingerprint density at radius 2 is 1.57 bits per heavy atom. The van der Waals surface area contributed by atoms with Gasteiger partial charge in [-0.3, -0.25) is 14.2 Å². The molecule has 0 aliphatic heterocycles. The van der Waals surface area contributed by atoms with E-state index in [1.807, 2.05) is 38.1 Å². The molecular formula is C23H25N3O4. The first-order valence-corrected chi connectivity index (χ1v) is 9.91. The molecule has 156 valence electrons. The van der Waals surface area contributed by atoms with Gasteiger partial charge in [-0.1, -0.05) is 0 Å². The highest BCUT2D eigenvalue weighted by atomic mass is 16.5. The Kier molecular flexibility index (Phi) is 7.21. The number of ether oxygens (including phenoxy) is 2. The summed E-state index contributed by atoms with van der Waals surface area (Å²) >= 11 is 0. The van der Waals surface area contributed by atoms with E-state index in [1.54, 1.807) is 24.3 Å². The minimum Gasteiger partial charge on any atom is -0.494 e. The maximum atomic E-state index is 12.4. The predicted molar refractivity (Wildman–Crippen MR) is 115 cm³/mol. The summed E-state index contributed by atoms with van der Waals surface area (Å²) in [5.74, 6) is 1.29. The van der Waals surface area contributed by atoms with E-state index in [-0.39, 0.29) is 11.5 Å². The molecular weight excluding hydrogens is 382 g/mol. The predicted octanol–water partition coefficient (Wildman–Crippen LogP) is 3.14. The van der Waals surface area contributed by atoms with Crippen molar-refractivity contribution in [1.29, 1.82) is 0 Å². The van der Waals surface area contributed by atoms with Gasteiger partial charge in [0.1, 0.15) is 11.5 Å². The van der Waals surface area contributed by atoms with Gasteiger partial charge in [0.05, 0.1) is 25.2 Å². The van der Waals surface area contributed by atoms with Crippen molar-refractivity contribution in [3.05, 3.63) is 76.8 Å². The van der Waals surface area contributed by atoms with Gasteiger partial charge in [0.2, 0.25) is 0 Å². The zero-order valence-electron chi connectivity index (χ0n) is 17.1. The second kappa shape index (κ2) is 10.2. The third kappa shape index (κ3) is 5.47. The van der Waals surface area contributed by atoms with E-state index in [2.05, 4.69) is 10.3 Å². The second-order valence-corrected chi connectivity index (χ2v) is 6.48. The Balaban J connectivity index is 1.57. The summed E-state index contributed by atoms with van der Waals surface area (Å²) in [7, 11) is 0. The summed E-state index contributed by atoms with van der Waals surface area (Å²) in [5, 5.41) is 2.81. The molecule has 2 aromatic carbocycles. The van der Waals surface area contributed by atoms with Crippen molar-refractivity contribution in [2.45, 2.75) is 20.4 Å². The molecule has 0 unspecified atom stereocenters. The molecule has 0 aliphatic carbocycles. The van der Waals surface area contributed by atoms with Crippen molar-refractivity contribution in [1.82, 2.24) is 14.9 Å². The molecule has 1 N–H and O–H groups in total. The van der Waals surface area contributed by atoms with Crippen LogP contribution in [-0.2, 0) is 6.54 Å². The van der Waals surface area contributed by atoms with E-state index >= 15 is 0 Å². The van der Waals surface area contributed by atoms with Crippen LogP contribution in [0.1, 0.15) is 24.2 Å². The number of aromatic nitrogens is 2. The molecule has 0 spiro atoms. The van der Waals surface area contributed by atoms with Crippen LogP contribution in [-0.4, -0.2) is 35.2 Å². The number of carbonyl (C=O) groups is 1. The van der Waals surface area contributed by atoms with Crippen LogP contribution in [0.15, 0.2) is 65.7 Å². The van der Waals surface area contributed by atoms with Crippen molar-refractivity contribution in [2.24, 2.45) is 0 Å². The highest BCUT2D eigenvalue weighted by Crippen LogP contribution is 2.19. The van der Waals surface area contributed by atoms with Crippen LogP contribution in [0.2, 0.25) is 0 Å². The van der Waals surface area contributed by atoms with Crippen LogP contribution in [0, 0.1) is 0 Å². The summed E-state index contributed by atoms with van der Waals surface area (Å²) in [6.07, 6.45) is 1.50. The van der Waals surface area contributed by atoms with Gasteiger partial charge in [-0.25, -0.2) is 4.98 Å². The number of hydrogen-bond acceptors (Lipinski definition) is 5. The van der Waals surface area contributed by atoms with Crippen LogP contribution in [0.4, 0.5) is 0 Å². The molecule has 0 saturated carbocycles. The minimum absolute atomic E-state index is 0.177. The van der Waals surface area contributed by atoms with Crippen molar-refractivity contribution >= 4 is 5.91 Å². The van der Waals surface area contributed by atoms with Crippen molar-refractivity contribution in [2.75, 3.05) is 19.8 Å². The van der Waals surface area contributed by atoms with Crippen molar-refractivity contribution in [3.8, 4) is 22.8 Å². The maximum Gasteiger partial charge on any atom is 0.253 e. The van der Waals surface area contributed by atoms with E-state index in [4.69, 9.17) is 9.47 Å². The molecule has 1 amide bonds. The summed E-state index contributed by atoms with van der Waals surface area (Å²) < 4.78 is 12.3. The molecule has 1 aromatic heterocycles. The molecule has 0 fully saturated rings. The van der Waals surface area contributed by atoms with Gasteiger partial charge in [0, 0.05) is 30.3 Å². The second-order valence-electron chi connectivity index (χ2n) is 6.48. The van der Waals surface area contributed by atoms with E-state index < -0.39 is 0 Å². The lowest BCUT2D eigenvalue weighted by atomic mass is 10.1. The highest BCUT2D eigenvalue weighted by Gasteiger charge is 2.07. The van der Waals surface area contributed by atoms with Gasteiger partial charge in [-0.05, 0) is 62.4 Å². The van der Waals surface area contributed by atoms with Gasteiger partial charge in [-0.2, -0.15) is 0 Å². The first kappa shape index (κ1) is 21.1. The quantitative estimate of drug-likeness (QED) is 0.589. The molecule has 0 atom stereocenters. The Labute approximate surface area is 175 Å². The summed E-state index contributed by atoms with van der Waals surface area (Å²) in [5.41, 5.74) is 1.79. The Morgan fingerprint density at radius 3 is 2.13 bits per heavy atom. The molecule has 1 heterocycles. The fourth-order valence-corrected chi connectivity index (χ4v) is 2.90. The molecule has 30 heavy (non-hydrogen) atoms. The van der Waals surface area contributed by atoms with Gasteiger partial charge in [0.15, 0.2) is 0 Å². The Hall–Kier alpha value is -3.61. The standard InChI is InChI=1S/C23H25N3O4/c1-3-29-19-9-5-17(6-10-19)21-15-22(27)26(16-25-21)14-13-24-23(28)18-7-11-20(12-8-18)30-4-2/h5-12,15-16H,3-4,13-14H2,1-2H3,(H,24,28). The smallest absolute Gasteiger partial charge is 0.253 e. The SMILES string of the molecule is CCOc1ccc(C(=O)NCCn2cnc(-c3ccc(OCC)cc3)cc2=O)cc1. The lowest BCUT2D eigenvalue weighted by Crippen LogP contribution is -2.30. The summed E-state index contributed by atoms with van der Waals surface area (Å²) in [6, 6.07) is 15.9. The lowest BCUT2D eigenvalue weighted by Gasteiger charge is -2.09. The summed E-state index contributed by atoms with van der Waals surface area (Å²) in [4.78, 5) is 29.0. The molecule has 3 aromatic rings. The van der Waals surface area contributed by atoms with E-state index in [1.165, 1.54) is 17.0 Å². The molecule has 7 heteroatoms. The Bertz CT molecular complexity index is 1030. The van der Waals surface area contributed by atoms with Gasteiger partial charge < -0.3 is 14.8 Å². The molecule has 0 aliphatic rings. The fraction of sp³-hybridized carbons (Fsp3) is 0.261. The molecule has 0 bridgehead atoms. The van der Waals surface area contributed by atoms with Crippen LogP contribution in [0.25, 0.3) is 11.3 Å². The van der Waals surface area contributed by atoms with Gasteiger partial charge in [-0.15, -0.1) is 0 Å². The van der Waals surface area contributed by atoms with Crippen LogP contribution >= 0.6 is 0 Å². The van der Waals surface area contributed by atoms with E-state index in [0.717, 1.165) is 17.1 Å². The van der Waals surface area contributed by atoms with Gasteiger partial charge >= 0.3 is 0 Å². The third-order valence-corrected chi connectivity index (χ3v) is 4.41. The largest absolute Gasteiger partial charge is 0.494 e. The number of amides is 1. The maximum absolute atomic E-state index is 12.4. The monoisotopic (exact) mass is 407 g/mol. The first-order valence-electron chi connectivity index (χ1n) is 9.91. The highest BCUT2D eigenvalue weighted by molar-refractivity contribution is 5.94. The topological polar surface area (TPSA) is 82.4 Å². The molecule has 7 nitrogen and oxygen atoms in total. The first-order chi connectivity index (χ1) is 14.6. The van der Waals surface area contributed by atoms with E-state index in [9.17, 15) is 9.59 Å². The fourth-order valence-electron chi connectivity index (χ4n) is 2.90. The van der Waals surface area contributed by atoms with Crippen LogP contribution in [0.5, 0.6) is 11.5 Å².